The summed E-state index contributed by atoms with van der Waals surface area (Å²) in [6.07, 6.45) is 3.74. The van der Waals surface area contributed by atoms with Gasteiger partial charge < -0.3 is 30.2 Å². The maximum atomic E-state index is 13.8. The molecular formula is C42H47Cl2N7O8S. The molecule has 60 heavy (non-hydrogen) atoms. The molecule has 2 saturated heterocycles. The molecule has 0 radical (unpaired) electrons. The third-order valence-electron chi connectivity index (χ3n) is 10.9. The average molecular weight is 881 g/mol. The van der Waals surface area contributed by atoms with Gasteiger partial charge in [0.1, 0.15) is 23.0 Å². The summed E-state index contributed by atoms with van der Waals surface area (Å²) in [4.78, 5) is 33.3. The highest BCUT2D eigenvalue weighted by molar-refractivity contribution is 7.90. The van der Waals surface area contributed by atoms with Gasteiger partial charge in [0.15, 0.2) is 0 Å². The number of amides is 1. The predicted octanol–water partition coefficient (Wildman–Crippen LogP) is 7.40. The second-order valence-corrected chi connectivity index (χ2v) is 18.2. The van der Waals surface area contributed by atoms with Crippen molar-refractivity contribution in [3.8, 4) is 11.5 Å². The molecule has 0 saturated carbocycles. The number of aromatic nitrogens is 1. The van der Waals surface area contributed by atoms with Gasteiger partial charge in [-0.25, -0.2) is 18.1 Å². The molecule has 3 aliphatic heterocycles. The first kappa shape index (κ1) is 43.1. The molecule has 1 aromatic heterocycles. The van der Waals surface area contributed by atoms with Gasteiger partial charge in [0.05, 0.1) is 38.8 Å². The number of ether oxygens (including phenoxy) is 3. The molecule has 18 heteroatoms. The number of nitrogens with two attached hydrogens (primary N) is 1. The molecule has 0 aliphatic carbocycles. The Morgan fingerprint density at radius 2 is 1.77 bits per heavy atom. The Labute approximate surface area is 359 Å². The van der Waals surface area contributed by atoms with Crippen LogP contribution in [0.25, 0.3) is 5.57 Å². The third kappa shape index (κ3) is 10.5. The molecule has 2 fully saturated rings. The van der Waals surface area contributed by atoms with E-state index in [1.165, 1.54) is 41.6 Å². The molecule has 3 aliphatic rings. The number of nitrogens with one attached hydrogen (secondary N) is 2. The second kappa shape index (κ2) is 18.3. The Bertz CT molecular complexity index is 2380. The maximum absolute atomic E-state index is 13.8. The summed E-state index contributed by atoms with van der Waals surface area (Å²) < 4.78 is 47.0. The fourth-order valence-corrected chi connectivity index (χ4v) is 8.79. The van der Waals surface area contributed by atoms with Crippen molar-refractivity contribution in [1.29, 1.82) is 0 Å². The smallest absolute Gasteiger partial charge is 0.293 e. The maximum Gasteiger partial charge on any atom is 0.293 e. The lowest BCUT2D eigenvalue weighted by molar-refractivity contribution is -0.384. The van der Waals surface area contributed by atoms with E-state index < -0.39 is 31.4 Å². The number of nitro groups is 1. The third-order valence-corrected chi connectivity index (χ3v) is 12.8. The number of halogens is 2. The SMILES string of the molecule is CC1(C)CC(c2ccc(Cl)cc2)=C(CN2CCN(c3ccc(C(=O)NS(=O)(=O)c4ccc(NCC5CCOCC5)c([N+](=O)[O-])c4)c(Oc4cnc(N)c(Cl)c4)c3)CC2)CO1. The first-order valence-corrected chi connectivity index (χ1v) is 21.9. The number of hydrogen-bond acceptors (Lipinski definition) is 13. The van der Waals surface area contributed by atoms with E-state index in [0.29, 0.717) is 44.5 Å². The van der Waals surface area contributed by atoms with Crippen molar-refractivity contribution < 1.29 is 32.3 Å². The van der Waals surface area contributed by atoms with Crippen LogP contribution in [0.3, 0.4) is 0 Å². The number of nitrogen functional groups attached to an aromatic ring is 1. The highest BCUT2D eigenvalue weighted by Gasteiger charge is 2.31. The molecule has 7 rings (SSSR count). The standard InChI is InChI=1S/C42H47Cl2N7O8S/c1-42(2)22-35(28-3-5-30(43)6-4-28)29(26-58-42)25-49-13-15-50(16-14-49)31-7-9-34(39(19-31)59-32-20-36(44)40(45)47-24-32)41(52)48-60(55,56)33-8-10-37(38(21-33)51(53)54)46-23-27-11-17-57-18-12-27/h3-10,19-21,24,27,46H,11-18,22-23,25-26H2,1-2H3,(H2,45,47)(H,48,52). The van der Waals surface area contributed by atoms with E-state index in [4.69, 9.17) is 43.1 Å². The van der Waals surface area contributed by atoms with E-state index in [9.17, 15) is 23.3 Å². The van der Waals surface area contributed by atoms with E-state index in [1.54, 1.807) is 12.1 Å². The summed E-state index contributed by atoms with van der Waals surface area (Å²) in [5.74, 6) is -0.476. The van der Waals surface area contributed by atoms with Crippen molar-refractivity contribution in [2.24, 2.45) is 5.92 Å². The van der Waals surface area contributed by atoms with Crippen molar-refractivity contribution in [3.05, 3.63) is 110 Å². The normalized spacial score (nSPS) is 17.6. The number of carbonyl (C=O) groups is 1. The van der Waals surface area contributed by atoms with Gasteiger partial charge in [-0.05, 0) is 85.7 Å². The molecule has 0 bridgehead atoms. The molecule has 0 spiro atoms. The van der Waals surface area contributed by atoms with Gasteiger partial charge in [-0.15, -0.1) is 0 Å². The zero-order valence-corrected chi connectivity index (χ0v) is 35.6. The lowest BCUT2D eigenvalue weighted by atomic mass is 9.87. The molecule has 3 aromatic carbocycles. The quantitative estimate of drug-likeness (QED) is 0.0890. The average Bonchev–Trinajstić information content (AvgIpc) is 3.22. The number of hydrogen-bond donors (Lipinski definition) is 3. The Morgan fingerprint density at radius 1 is 1.03 bits per heavy atom. The molecule has 4 heterocycles. The zero-order valence-electron chi connectivity index (χ0n) is 33.3. The van der Waals surface area contributed by atoms with E-state index in [1.807, 2.05) is 12.1 Å². The van der Waals surface area contributed by atoms with Crippen LogP contribution in [-0.4, -0.2) is 93.8 Å². The summed E-state index contributed by atoms with van der Waals surface area (Å²) >= 11 is 12.4. The fourth-order valence-electron chi connectivity index (χ4n) is 7.52. The number of nitrogens with zero attached hydrogens (tertiary/aromatic N) is 4. The van der Waals surface area contributed by atoms with Gasteiger partial charge in [0, 0.05) is 87.8 Å². The summed E-state index contributed by atoms with van der Waals surface area (Å²) in [6, 6.07) is 17.7. The monoisotopic (exact) mass is 879 g/mol. The number of sulfonamides is 1. The minimum Gasteiger partial charge on any atom is -0.455 e. The van der Waals surface area contributed by atoms with Crippen LogP contribution in [-0.2, 0) is 19.5 Å². The van der Waals surface area contributed by atoms with E-state index in [-0.39, 0.29) is 45.1 Å². The number of pyridine rings is 1. The molecule has 0 atom stereocenters. The molecular weight excluding hydrogens is 833 g/mol. The molecule has 1 amide bonds. The van der Waals surface area contributed by atoms with Crippen LogP contribution in [0.1, 0.15) is 49.0 Å². The summed E-state index contributed by atoms with van der Waals surface area (Å²) in [5, 5.41) is 15.9. The predicted molar refractivity (Wildman–Crippen MR) is 232 cm³/mol. The topological polar surface area (TPSA) is 191 Å². The van der Waals surface area contributed by atoms with Crippen molar-refractivity contribution >= 4 is 67.6 Å². The fraction of sp³-hybridized carbons (Fsp3) is 0.381. The number of nitro benzene ring substituents is 1. The molecule has 4 aromatic rings. The van der Waals surface area contributed by atoms with Gasteiger partial charge in [-0.3, -0.25) is 19.8 Å². The van der Waals surface area contributed by atoms with Gasteiger partial charge in [0.25, 0.3) is 21.6 Å². The minimum atomic E-state index is -4.59. The zero-order chi connectivity index (χ0) is 42.6. The van der Waals surface area contributed by atoms with E-state index in [0.717, 1.165) is 56.2 Å². The molecule has 0 unspecified atom stereocenters. The lowest BCUT2D eigenvalue weighted by Gasteiger charge is -2.39. The Morgan fingerprint density at radius 3 is 2.47 bits per heavy atom. The van der Waals surface area contributed by atoms with Crippen LogP contribution in [0.2, 0.25) is 10.0 Å². The van der Waals surface area contributed by atoms with E-state index in [2.05, 4.69) is 50.8 Å². The summed E-state index contributed by atoms with van der Waals surface area (Å²) in [7, 11) is -4.59. The van der Waals surface area contributed by atoms with Crippen LogP contribution in [0.4, 0.5) is 22.9 Å². The molecule has 318 valence electrons. The van der Waals surface area contributed by atoms with E-state index >= 15 is 0 Å². The number of piperazine rings is 1. The van der Waals surface area contributed by atoms with Gasteiger partial charge in [0.2, 0.25) is 0 Å². The van der Waals surface area contributed by atoms with Crippen molar-refractivity contribution in [2.75, 3.05) is 75.0 Å². The Balaban J connectivity index is 1.08. The Hall–Kier alpha value is -4.97. The summed E-state index contributed by atoms with van der Waals surface area (Å²) in [5.41, 5.74) is 9.53. The van der Waals surface area contributed by atoms with Gasteiger partial charge >= 0.3 is 0 Å². The molecule has 15 nitrogen and oxygen atoms in total. The summed E-state index contributed by atoms with van der Waals surface area (Å²) in [6.45, 7) is 9.97. The second-order valence-electron chi connectivity index (χ2n) is 15.7. The number of anilines is 3. The van der Waals surface area contributed by atoms with Gasteiger partial charge in [-0.2, -0.15) is 0 Å². The minimum absolute atomic E-state index is 0.0311. The number of benzene rings is 3. The largest absolute Gasteiger partial charge is 0.455 e. The first-order valence-electron chi connectivity index (χ1n) is 19.6. The number of rotatable bonds is 13. The van der Waals surface area contributed by atoms with Crippen LogP contribution in [0.5, 0.6) is 11.5 Å². The first-order chi connectivity index (χ1) is 28.6. The Kier molecular flexibility index (Phi) is 13.2. The number of carbonyl (C=O) groups excluding carboxylic acids is 1. The van der Waals surface area contributed by atoms with Crippen LogP contribution >= 0.6 is 23.2 Å². The van der Waals surface area contributed by atoms with Crippen LogP contribution in [0.15, 0.2) is 83.4 Å². The highest BCUT2D eigenvalue weighted by atomic mass is 35.5. The van der Waals surface area contributed by atoms with Crippen molar-refractivity contribution in [3.63, 3.8) is 0 Å². The van der Waals surface area contributed by atoms with Gasteiger partial charge in [-0.1, -0.05) is 35.3 Å². The van der Waals surface area contributed by atoms with Crippen LogP contribution in [0, 0.1) is 16.0 Å². The van der Waals surface area contributed by atoms with Crippen molar-refractivity contribution in [2.45, 2.75) is 43.6 Å². The van der Waals surface area contributed by atoms with Crippen molar-refractivity contribution in [1.82, 2.24) is 14.6 Å². The molecule has 4 N–H and O–H groups in total. The lowest BCUT2D eigenvalue weighted by Crippen LogP contribution is -2.47. The van der Waals surface area contributed by atoms with Crippen LogP contribution < -0.4 is 25.4 Å². The highest BCUT2D eigenvalue weighted by Crippen LogP contribution is 2.37.